The second kappa shape index (κ2) is 7.54. The number of nitrogens with one attached hydrogen (secondary N) is 2. The van der Waals surface area contributed by atoms with Gasteiger partial charge in [0.25, 0.3) is 0 Å². The summed E-state index contributed by atoms with van der Waals surface area (Å²) >= 11 is 0. The molecule has 1 aliphatic heterocycles. The average molecular weight is 346 g/mol. The van der Waals surface area contributed by atoms with Gasteiger partial charge in [-0.1, -0.05) is 19.3 Å². The highest BCUT2D eigenvalue weighted by atomic mass is 16.6. The number of rotatable bonds is 6. The van der Waals surface area contributed by atoms with Crippen LogP contribution in [0.2, 0.25) is 0 Å². The Kier molecular flexibility index (Phi) is 5.40. The fourth-order valence-electron chi connectivity index (χ4n) is 3.26. The molecule has 1 aromatic carbocycles. The molecule has 1 unspecified atom stereocenters. The minimum absolute atomic E-state index is 0.0345. The molecule has 1 aliphatic carbocycles. The van der Waals surface area contributed by atoms with Gasteiger partial charge in [0.2, 0.25) is 0 Å². The molecular weight excluding hydrogens is 316 g/mol. The van der Waals surface area contributed by atoms with Crippen LogP contribution in [-0.4, -0.2) is 30.9 Å². The van der Waals surface area contributed by atoms with Crippen molar-refractivity contribution in [2.45, 2.75) is 64.6 Å². The van der Waals surface area contributed by atoms with Crippen molar-refractivity contribution in [3.63, 3.8) is 0 Å². The lowest BCUT2D eigenvalue weighted by atomic mass is 9.83. The van der Waals surface area contributed by atoms with E-state index in [1.54, 1.807) is 0 Å². The van der Waals surface area contributed by atoms with Gasteiger partial charge in [0.1, 0.15) is 17.5 Å². The van der Waals surface area contributed by atoms with Gasteiger partial charge in [-0.2, -0.15) is 0 Å². The molecule has 0 aromatic heterocycles. The molecule has 25 heavy (non-hydrogen) atoms. The van der Waals surface area contributed by atoms with E-state index in [9.17, 15) is 4.79 Å². The largest absolute Gasteiger partial charge is 0.488 e. The third kappa shape index (κ3) is 5.28. The Morgan fingerprint density at radius 3 is 2.80 bits per heavy atom. The first-order chi connectivity index (χ1) is 11.9. The van der Waals surface area contributed by atoms with Crippen molar-refractivity contribution in [1.82, 2.24) is 5.32 Å². The second-order valence-corrected chi connectivity index (χ2v) is 8.16. The van der Waals surface area contributed by atoms with Crippen molar-refractivity contribution in [1.29, 1.82) is 0 Å². The van der Waals surface area contributed by atoms with Crippen molar-refractivity contribution in [2.24, 2.45) is 5.92 Å². The zero-order valence-electron chi connectivity index (χ0n) is 15.6. The van der Waals surface area contributed by atoms with E-state index in [0.29, 0.717) is 6.54 Å². The van der Waals surface area contributed by atoms with Crippen molar-refractivity contribution in [3.05, 3.63) is 23.8 Å². The van der Waals surface area contributed by atoms with Crippen molar-refractivity contribution in [3.8, 4) is 5.75 Å². The number of fused-ring (bicyclic) bond motifs is 1. The van der Waals surface area contributed by atoms with Crippen LogP contribution < -0.4 is 15.4 Å². The Hall–Kier alpha value is -1.91. The molecule has 0 saturated heterocycles. The molecule has 1 heterocycles. The third-order valence-electron chi connectivity index (χ3n) is 4.78. The van der Waals surface area contributed by atoms with E-state index in [1.165, 1.54) is 31.2 Å². The fraction of sp³-hybridized carbons (Fsp3) is 0.650. The summed E-state index contributed by atoms with van der Waals surface area (Å²) in [5.41, 5.74) is 1.87. The SMILES string of the molecule is CC(C)(C)OC(=O)NCC1Cc2cc(NCCC3CCC3)ccc2O1. The number of alkyl carbamates (subject to hydrolysis) is 1. The number of carbonyl (C=O) groups excluding carboxylic acids is 1. The summed E-state index contributed by atoms with van der Waals surface area (Å²) in [4.78, 5) is 11.7. The van der Waals surface area contributed by atoms with Gasteiger partial charge in [0.05, 0.1) is 6.54 Å². The molecule has 2 N–H and O–H groups in total. The van der Waals surface area contributed by atoms with E-state index in [-0.39, 0.29) is 6.10 Å². The molecule has 1 amide bonds. The van der Waals surface area contributed by atoms with Gasteiger partial charge in [-0.05, 0) is 56.9 Å². The van der Waals surface area contributed by atoms with Crippen molar-refractivity contribution < 1.29 is 14.3 Å². The van der Waals surface area contributed by atoms with Gasteiger partial charge in [0, 0.05) is 18.7 Å². The molecule has 2 aliphatic rings. The number of hydrogen-bond acceptors (Lipinski definition) is 4. The number of hydrogen-bond donors (Lipinski definition) is 2. The number of carbonyl (C=O) groups is 1. The Balaban J connectivity index is 1.43. The lowest BCUT2D eigenvalue weighted by Gasteiger charge is -2.25. The van der Waals surface area contributed by atoms with Gasteiger partial charge < -0.3 is 20.1 Å². The summed E-state index contributed by atoms with van der Waals surface area (Å²) in [5.74, 6) is 1.84. The highest BCUT2D eigenvalue weighted by Crippen LogP contribution is 2.32. The third-order valence-corrected chi connectivity index (χ3v) is 4.78. The van der Waals surface area contributed by atoms with Crippen LogP contribution in [0.4, 0.5) is 10.5 Å². The van der Waals surface area contributed by atoms with Gasteiger partial charge >= 0.3 is 6.09 Å². The fourth-order valence-corrected chi connectivity index (χ4v) is 3.26. The monoisotopic (exact) mass is 346 g/mol. The zero-order valence-corrected chi connectivity index (χ0v) is 15.6. The maximum absolute atomic E-state index is 11.7. The first-order valence-electron chi connectivity index (χ1n) is 9.39. The summed E-state index contributed by atoms with van der Waals surface area (Å²) < 4.78 is 11.2. The quantitative estimate of drug-likeness (QED) is 0.813. The molecule has 1 fully saturated rings. The van der Waals surface area contributed by atoms with Crippen LogP contribution in [0, 0.1) is 5.92 Å². The lowest BCUT2D eigenvalue weighted by Crippen LogP contribution is -2.38. The topological polar surface area (TPSA) is 59.6 Å². The molecule has 1 saturated carbocycles. The Labute approximate surface area is 150 Å². The van der Waals surface area contributed by atoms with Crippen LogP contribution >= 0.6 is 0 Å². The smallest absolute Gasteiger partial charge is 0.407 e. The molecule has 5 heteroatoms. The highest BCUT2D eigenvalue weighted by Gasteiger charge is 2.25. The Morgan fingerprint density at radius 2 is 2.12 bits per heavy atom. The maximum Gasteiger partial charge on any atom is 0.407 e. The van der Waals surface area contributed by atoms with E-state index < -0.39 is 11.7 Å². The Bertz CT molecular complexity index is 605. The highest BCUT2D eigenvalue weighted by molar-refractivity contribution is 5.67. The van der Waals surface area contributed by atoms with Crippen LogP contribution in [0.5, 0.6) is 5.75 Å². The van der Waals surface area contributed by atoms with E-state index in [4.69, 9.17) is 9.47 Å². The molecule has 3 rings (SSSR count). The minimum Gasteiger partial charge on any atom is -0.488 e. The van der Waals surface area contributed by atoms with Crippen LogP contribution in [0.15, 0.2) is 18.2 Å². The van der Waals surface area contributed by atoms with Crippen molar-refractivity contribution in [2.75, 3.05) is 18.4 Å². The van der Waals surface area contributed by atoms with Crippen LogP contribution in [0.3, 0.4) is 0 Å². The summed E-state index contributed by atoms with van der Waals surface area (Å²) in [6.45, 7) is 7.05. The van der Waals surface area contributed by atoms with Gasteiger partial charge in [-0.3, -0.25) is 0 Å². The van der Waals surface area contributed by atoms with Gasteiger partial charge in [-0.25, -0.2) is 4.79 Å². The molecule has 0 bridgehead atoms. The lowest BCUT2D eigenvalue weighted by molar-refractivity contribution is 0.0506. The zero-order chi connectivity index (χ0) is 17.9. The van der Waals surface area contributed by atoms with E-state index >= 15 is 0 Å². The number of anilines is 1. The maximum atomic E-state index is 11.7. The predicted octanol–water partition coefficient (Wildman–Crippen LogP) is 4.12. The molecule has 138 valence electrons. The van der Waals surface area contributed by atoms with Crippen LogP contribution in [0.25, 0.3) is 0 Å². The standard InChI is InChI=1S/C20H30N2O3/c1-20(2,3)25-19(23)22-13-17-12-15-11-16(7-8-18(15)24-17)21-10-9-14-5-4-6-14/h7-8,11,14,17,21H,4-6,9-10,12-13H2,1-3H3,(H,22,23). The average Bonchev–Trinajstić information content (AvgIpc) is 2.88. The number of ether oxygens (including phenoxy) is 2. The number of benzene rings is 1. The molecule has 5 nitrogen and oxygen atoms in total. The molecule has 1 aromatic rings. The Morgan fingerprint density at radius 1 is 1.32 bits per heavy atom. The first-order valence-corrected chi connectivity index (χ1v) is 9.39. The minimum atomic E-state index is -0.483. The summed E-state index contributed by atoms with van der Waals surface area (Å²) in [6, 6.07) is 6.27. The van der Waals surface area contributed by atoms with Crippen molar-refractivity contribution >= 4 is 11.8 Å². The van der Waals surface area contributed by atoms with Gasteiger partial charge in [0.15, 0.2) is 0 Å². The molecule has 0 spiro atoms. The summed E-state index contributed by atoms with van der Waals surface area (Å²) in [5, 5.41) is 6.31. The number of amides is 1. The normalized spacial score (nSPS) is 19.6. The van der Waals surface area contributed by atoms with Gasteiger partial charge in [-0.15, -0.1) is 0 Å². The van der Waals surface area contributed by atoms with E-state index in [0.717, 1.165) is 30.3 Å². The van der Waals surface area contributed by atoms with E-state index in [2.05, 4.69) is 22.8 Å². The first kappa shape index (κ1) is 17.9. The second-order valence-electron chi connectivity index (χ2n) is 8.16. The summed E-state index contributed by atoms with van der Waals surface area (Å²) in [6.07, 6.45) is 5.83. The van der Waals surface area contributed by atoms with E-state index in [1.807, 2.05) is 26.8 Å². The van der Waals surface area contributed by atoms with Crippen LogP contribution in [0.1, 0.15) is 52.0 Å². The molecule has 0 radical (unpaired) electrons. The van der Waals surface area contributed by atoms with Crippen LogP contribution in [-0.2, 0) is 11.2 Å². The molecular formula is C20H30N2O3. The summed E-state index contributed by atoms with van der Waals surface area (Å²) in [7, 11) is 0. The molecule has 1 atom stereocenters. The predicted molar refractivity (Wildman–Crippen MR) is 99.2 cm³/mol.